The van der Waals surface area contributed by atoms with Crippen LogP contribution in [-0.2, 0) is 6.54 Å². The Morgan fingerprint density at radius 3 is 2.79 bits per heavy atom. The summed E-state index contributed by atoms with van der Waals surface area (Å²) >= 11 is 0. The van der Waals surface area contributed by atoms with Gasteiger partial charge < -0.3 is 0 Å². The summed E-state index contributed by atoms with van der Waals surface area (Å²) in [5, 5.41) is 0. The molecule has 0 amide bonds. The van der Waals surface area contributed by atoms with Gasteiger partial charge in [0.05, 0.1) is 23.3 Å². The van der Waals surface area contributed by atoms with Crippen LogP contribution < -0.4 is 11.0 Å². The van der Waals surface area contributed by atoms with Crippen LogP contribution in [0.1, 0.15) is 42.5 Å². The molecule has 0 aliphatic heterocycles. The summed E-state index contributed by atoms with van der Waals surface area (Å²) in [7, 11) is 0. The van der Waals surface area contributed by atoms with Crippen molar-refractivity contribution in [3.05, 3.63) is 70.2 Å². The van der Waals surface area contributed by atoms with E-state index in [0.717, 1.165) is 18.4 Å². The third-order valence-electron chi connectivity index (χ3n) is 5.29. The lowest BCUT2D eigenvalue weighted by molar-refractivity contribution is 0.0885. The molecular formula is C22H24N4O2. The number of carbonyl (C=O) groups excluding carboxylic acids is 1. The summed E-state index contributed by atoms with van der Waals surface area (Å²) < 4.78 is 3.05. The minimum Gasteiger partial charge on any atom is -0.296 e. The molecule has 2 aromatic heterocycles. The van der Waals surface area contributed by atoms with Gasteiger partial charge in [-0.05, 0) is 49.6 Å². The number of hydrogen-bond acceptors (Lipinski definition) is 4. The molecule has 1 aliphatic rings. The molecule has 6 heteroatoms. The van der Waals surface area contributed by atoms with Crippen LogP contribution in [0.3, 0.4) is 0 Å². The minimum absolute atomic E-state index is 0.0528. The topological polar surface area (TPSA) is 69.2 Å². The summed E-state index contributed by atoms with van der Waals surface area (Å²) in [4.78, 5) is 34.5. The zero-order valence-electron chi connectivity index (χ0n) is 16.0. The summed E-state index contributed by atoms with van der Waals surface area (Å²) in [5.41, 5.74) is 2.79. The number of pyridine rings is 1. The SMILES string of the molecule is Cc1ccn(C(=O)Cn2c(=O)cnc3ccccc32)c(=NC2CCCCC2)c1. The Kier molecular flexibility index (Phi) is 5.19. The highest BCUT2D eigenvalue weighted by Crippen LogP contribution is 2.19. The first-order valence-electron chi connectivity index (χ1n) is 9.83. The van der Waals surface area contributed by atoms with Gasteiger partial charge in [-0.1, -0.05) is 31.4 Å². The molecule has 2 heterocycles. The summed E-state index contributed by atoms with van der Waals surface area (Å²) in [5.74, 6) is -0.187. The molecule has 0 spiro atoms. The second kappa shape index (κ2) is 7.92. The van der Waals surface area contributed by atoms with Crippen molar-refractivity contribution < 1.29 is 4.79 Å². The van der Waals surface area contributed by atoms with Crippen molar-refractivity contribution in [2.75, 3.05) is 0 Å². The van der Waals surface area contributed by atoms with E-state index in [1.54, 1.807) is 10.8 Å². The molecular weight excluding hydrogens is 352 g/mol. The van der Waals surface area contributed by atoms with Crippen molar-refractivity contribution in [1.29, 1.82) is 0 Å². The van der Waals surface area contributed by atoms with E-state index >= 15 is 0 Å². The van der Waals surface area contributed by atoms with E-state index in [0.29, 0.717) is 16.5 Å². The first-order chi connectivity index (χ1) is 13.6. The second-order valence-electron chi connectivity index (χ2n) is 7.42. The first kappa shape index (κ1) is 18.3. The van der Waals surface area contributed by atoms with Crippen LogP contribution in [0.2, 0.25) is 0 Å². The lowest BCUT2D eigenvalue weighted by atomic mass is 9.96. The van der Waals surface area contributed by atoms with Crippen molar-refractivity contribution in [2.45, 2.75) is 51.6 Å². The lowest BCUT2D eigenvalue weighted by Crippen LogP contribution is -2.34. The average Bonchev–Trinajstić information content (AvgIpc) is 2.71. The van der Waals surface area contributed by atoms with Crippen LogP contribution in [0.4, 0.5) is 0 Å². The Morgan fingerprint density at radius 1 is 1.18 bits per heavy atom. The van der Waals surface area contributed by atoms with E-state index in [9.17, 15) is 9.59 Å². The highest BCUT2D eigenvalue weighted by atomic mass is 16.2. The maximum atomic E-state index is 13.1. The van der Waals surface area contributed by atoms with Gasteiger partial charge in [0.2, 0.25) is 0 Å². The monoisotopic (exact) mass is 376 g/mol. The number of hydrogen-bond donors (Lipinski definition) is 0. The average molecular weight is 376 g/mol. The lowest BCUT2D eigenvalue weighted by Gasteiger charge is -2.18. The molecule has 0 atom stereocenters. The van der Waals surface area contributed by atoms with Gasteiger partial charge in [-0.2, -0.15) is 0 Å². The van der Waals surface area contributed by atoms with Crippen LogP contribution in [0.25, 0.3) is 11.0 Å². The Bertz CT molecular complexity index is 1140. The van der Waals surface area contributed by atoms with Gasteiger partial charge >= 0.3 is 0 Å². The Morgan fingerprint density at radius 2 is 1.96 bits per heavy atom. The molecule has 4 rings (SSSR count). The largest absolute Gasteiger partial charge is 0.296 e. The van der Waals surface area contributed by atoms with Crippen molar-refractivity contribution in [3.63, 3.8) is 0 Å². The molecule has 144 valence electrons. The zero-order valence-corrected chi connectivity index (χ0v) is 16.0. The molecule has 1 fully saturated rings. The quantitative estimate of drug-likeness (QED) is 0.705. The molecule has 0 bridgehead atoms. The van der Waals surface area contributed by atoms with Crippen LogP contribution in [0.5, 0.6) is 0 Å². The third-order valence-corrected chi connectivity index (χ3v) is 5.29. The smallest absolute Gasteiger partial charge is 0.269 e. The number of fused-ring (bicyclic) bond motifs is 1. The normalized spacial score (nSPS) is 15.8. The van der Waals surface area contributed by atoms with Crippen LogP contribution in [0, 0.1) is 6.92 Å². The molecule has 3 aromatic rings. The first-order valence-corrected chi connectivity index (χ1v) is 9.83. The fourth-order valence-electron chi connectivity index (χ4n) is 3.79. The van der Waals surface area contributed by atoms with E-state index in [-0.39, 0.29) is 24.1 Å². The van der Waals surface area contributed by atoms with Crippen molar-refractivity contribution in [2.24, 2.45) is 4.99 Å². The van der Waals surface area contributed by atoms with E-state index in [1.165, 1.54) is 30.0 Å². The fraction of sp³-hybridized carbons (Fsp3) is 0.364. The molecule has 0 unspecified atom stereocenters. The van der Waals surface area contributed by atoms with Crippen LogP contribution >= 0.6 is 0 Å². The molecule has 0 radical (unpaired) electrons. The maximum absolute atomic E-state index is 13.1. The number of aryl methyl sites for hydroxylation is 1. The molecule has 0 saturated heterocycles. The molecule has 1 aliphatic carbocycles. The number of para-hydroxylation sites is 2. The predicted molar refractivity (Wildman–Crippen MR) is 108 cm³/mol. The standard InChI is InChI=1S/C22H24N4O2/c1-16-11-12-25(20(13-16)24-17-7-3-2-4-8-17)22(28)15-26-19-10-6-5-9-18(19)23-14-21(26)27/h5-6,9-14,17H,2-4,7-8,15H2,1H3. The fourth-order valence-corrected chi connectivity index (χ4v) is 3.79. The van der Waals surface area contributed by atoms with Crippen molar-refractivity contribution in [1.82, 2.24) is 14.1 Å². The van der Waals surface area contributed by atoms with Gasteiger partial charge in [-0.3, -0.25) is 23.7 Å². The van der Waals surface area contributed by atoms with Gasteiger partial charge in [0.15, 0.2) is 0 Å². The molecule has 1 aromatic carbocycles. The van der Waals surface area contributed by atoms with Gasteiger partial charge in [0.1, 0.15) is 12.0 Å². The van der Waals surface area contributed by atoms with E-state index in [1.807, 2.05) is 43.3 Å². The Hall–Kier alpha value is -3.02. The van der Waals surface area contributed by atoms with Gasteiger partial charge in [-0.15, -0.1) is 0 Å². The molecule has 0 N–H and O–H groups in total. The molecule has 1 saturated carbocycles. The molecule has 6 nitrogen and oxygen atoms in total. The van der Waals surface area contributed by atoms with Gasteiger partial charge in [-0.25, -0.2) is 4.98 Å². The second-order valence-corrected chi connectivity index (χ2v) is 7.42. The number of benzene rings is 1. The van der Waals surface area contributed by atoms with Crippen LogP contribution in [0.15, 0.2) is 58.6 Å². The number of carbonyl (C=O) groups is 1. The number of nitrogens with zero attached hydrogens (tertiary/aromatic N) is 4. The molecule has 28 heavy (non-hydrogen) atoms. The highest BCUT2D eigenvalue weighted by molar-refractivity contribution is 5.81. The Balaban J connectivity index is 1.73. The summed E-state index contributed by atoms with van der Waals surface area (Å²) in [6.45, 7) is 1.94. The third kappa shape index (κ3) is 3.81. The van der Waals surface area contributed by atoms with Gasteiger partial charge in [0.25, 0.3) is 11.5 Å². The van der Waals surface area contributed by atoms with Crippen molar-refractivity contribution >= 4 is 16.9 Å². The van der Waals surface area contributed by atoms with Crippen LogP contribution in [-0.4, -0.2) is 26.1 Å². The summed E-state index contributed by atoms with van der Waals surface area (Å²) in [6.07, 6.45) is 8.79. The predicted octanol–water partition coefficient (Wildman–Crippen LogP) is 3.08. The van der Waals surface area contributed by atoms with Crippen molar-refractivity contribution in [3.8, 4) is 0 Å². The van der Waals surface area contributed by atoms with E-state index in [4.69, 9.17) is 4.99 Å². The minimum atomic E-state index is -0.287. The summed E-state index contributed by atoms with van der Waals surface area (Å²) in [6, 6.07) is 11.4. The number of rotatable bonds is 3. The van der Waals surface area contributed by atoms with Gasteiger partial charge in [0, 0.05) is 6.20 Å². The highest BCUT2D eigenvalue weighted by Gasteiger charge is 2.14. The van der Waals surface area contributed by atoms with E-state index in [2.05, 4.69) is 4.98 Å². The zero-order chi connectivity index (χ0) is 19.5. The number of aromatic nitrogens is 3. The van der Waals surface area contributed by atoms with E-state index < -0.39 is 0 Å². The Labute approximate surface area is 163 Å². The maximum Gasteiger partial charge on any atom is 0.269 e.